The van der Waals surface area contributed by atoms with Crippen LogP contribution in [0.5, 0.6) is 0 Å². The Labute approximate surface area is 201 Å². The van der Waals surface area contributed by atoms with Gasteiger partial charge in [-0.1, -0.05) is 49.6 Å². The van der Waals surface area contributed by atoms with E-state index in [9.17, 15) is 4.79 Å². The number of nitrogens with zero attached hydrogens (tertiary/aromatic N) is 2. The topological polar surface area (TPSA) is 35.6 Å². The Balaban J connectivity index is 1.16. The molecular weight excluding hydrogens is 426 g/mol. The maximum atomic E-state index is 12.8. The van der Waals surface area contributed by atoms with Crippen LogP contribution in [0.2, 0.25) is 0 Å². The second-order valence-electron chi connectivity index (χ2n) is 9.74. The van der Waals surface area contributed by atoms with Gasteiger partial charge in [0.05, 0.1) is 4.88 Å². The lowest BCUT2D eigenvalue weighted by Crippen LogP contribution is -2.34. The third-order valence-corrected chi connectivity index (χ3v) is 8.28. The lowest BCUT2D eigenvalue weighted by Gasteiger charge is -2.29. The number of hydrogen-bond donors (Lipinski definition) is 1. The van der Waals surface area contributed by atoms with Crippen molar-refractivity contribution in [3.63, 3.8) is 0 Å². The molecular formula is C28H35N3OS. The molecule has 1 aliphatic carbocycles. The Bertz CT molecular complexity index is 1040. The van der Waals surface area contributed by atoms with Crippen LogP contribution in [0.1, 0.15) is 53.8 Å². The van der Waals surface area contributed by atoms with Gasteiger partial charge in [-0.3, -0.25) is 9.69 Å². The number of thiophene rings is 1. The first kappa shape index (κ1) is 22.6. The number of fused-ring (bicyclic) bond motifs is 1. The predicted molar refractivity (Wildman–Crippen MR) is 139 cm³/mol. The van der Waals surface area contributed by atoms with Gasteiger partial charge in [-0.2, -0.15) is 0 Å². The van der Waals surface area contributed by atoms with Crippen molar-refractivity contribution in [3.8, 4) is 0 Å². The first-order valence-electron chi connectivity index (χ1n) is 12.6. The fourth-order valence-electron chi connectivity index (χ4n) is 5.39. The number of nitrogens with one attached hydrogen (secondary N) is 1. The third kappa shape index (κ3) is 6.03. The largest absolute Gasteiger partial charge is 0.321 e. The van der Waals surface area contributed by atoms with Crippen molar-refractivity contribution >= 4 is 33.0 Å². The molecule has 1 saturated carbocycles. The molecule has 0 unspecified atom stereocenters. The van der Waals surface area contributed by atoms with Gasteiger partial charge in [-0.25, -0.2) is 0 Å². The lowest BCUT2D eigenvalue weighted by atomic mass is 9.89. The average molecular weight is 462 g/mol. The molecule has 1 saturated heterocycles. The number of benzene rings is 2. The van der Waals surface area contributed by atoms with E-state index in [1.165, 1.54) is 63.7 Å². The van der Waals surface area contributed by atoms with Crippen LogP contribution in [0, 0.1) is 5.92 Å². The molecule has 5 heteroatoms. The van der Waals surface area contributed by atoms with E-state index in [1.807, 2.05) is 24.3 Å². The minimum absolute atomic E-state index is 0.0264. The second kappa shape index (κ2) is 10.8. The summed E-state index contributed by atoms with van der Waals surface area (Å²) in [5, 5.41) is 4.23. The van der Waals surface area contributed by atoms with Gasteiger partial charge in [0.2, 0.25) is 0 Å². The van der Waals surface area contributed by atoms with Crippen LogP contribution in [0.15, 0.2) is 54.6 Å². The van der Waals surface area contributed by atoms with Crippen molar-refractivity contribution in [3.05, 3.63) is 65.0 Å². The number of anilines is 1. The lowest BCUT2D eigenvalue weighted by molar-refractivity contribution is 0.103. The molecule has 174 valence electrons. The van der Waals surface area contributed by atoms with Crippen LogP contribution in [-0.2, 0) is 6.54 Å². The van der Waals surface area contributed by atoms with E-state index in [0.29, 0.717) is 0 Å². The Morgan fingerprint density at radius 1 is 0.879 bits per heavy atom. The van der Waals surface area contributed by atoms with Crippen LogP contribution in [-0.4, -0.2) is 48.4 Å². The van der Waals surface area contributed by atoms with Gasteiger partial charge in [-0.15, -0.1) is 11.3 Å². The maximum Gasteiger partial charge on any atom is 0.265 e. The monoisotopic (exact) mass is 461 g/mol. The normalized spacial score (nSPS) is 18.9. The summed E-state index contributed by atoms with van der Waals surface area (Å²) in [6.45, 7) is 6.94. The van der Waals surface area contributed by atoms with Crippen LogP contribution >= 0.6 is 11.3 Å². The minimum atomic E-state index is -0.0264. The molecule has 0 atom stereocenters. The molecule has 2 heterocycles. The van der Waals surface area contributed by atoms with Gasteiger partial charge in [0.1, 0.15) is 0 Å². The smallest absolute Gasteiger partial charge is 0.265 e. The Kier molecular flexibility index (Phi) is 7.40. The highest BCUT2D eigenvalue weighted by molar-refractivity contribution is 7.20. The quantitative estimate of drug-likeness (QED) is 0.472. The first-order valence-corrected chi connectivity index (χ1v) is 13.4. The van der Waals surface area contributed by atoms with Crippen molar-refractivity contribution in [1.29, 1.82) is 0 Å². The molecule has 2 aliphatic rings. The van der Waals surface area contributed by atoms with Crippen LogP contribution in [0.3, 0.4) is 0 Å². The van der Waals surface area contributed by atoms with E-state index in [4.69, 9.17) is 0 Å². The van der Waals surface area contributed by atoms with Crippen LogP contribution in [0.25, 0.3) is 10.1 Å². The molecule has 2 aromatic carbocycles. The SMILES string of the molecule is O=C(Nc1cccc(CN2CCCN(CC3CCCCC3)CC2)c1)c1cc2ccccc2s1. The average Bonchev–Trinajstić information content (AvgIpc) is 3.16. The Hall–Kier alpha value is -2.21. The van der Waals surface area contributed by atoms with E-state index >= 15 is 0 Å². The molecule has 33 heavy (non-hydrogen) atoms. The molecule has 1 aliphatic heterocycles. The Morgan fingerprint density at radius 3 is 2.58 bits per heavy atom. The number of hydrogen-bond acceptors (Lipinski definition) is 4. The van der Waals surface area contributed by atoms with Crippen LogP contribution in [0.4, 0.5) is 5.69 Å². The highest BCUT2D eigenvalue weighted by Gasteiger charge is 2.20. The molecule has 5 rings (SSSR count). The Morgan fingerprint density at radius 2 is 1.70 bits per heavy atom. The van der Waals surface area contributed by atoms with Gasteiger partial charge < -0.3 is 10.2 Å². The van der Waals surface area contributed by atoms with Crippen molar-refractivity contribution in [2.45, 2.75) is 45.1 Å². The summed E-state index contributed by atoms with van der Waals surface area (Å²) in [5.41, 5.74) is 2.15. The summed E-state index contributed by atoms with van der Waals surface area (Å²) in [5.74, 6) is 0.896. The molecule has 3 aromatic rings. The summed E-state index contributed by atoms with van der Waals surface area (Å²) in [6.07, 6.45) is 8.41. The van der Waals surface area contributed by atoms with Crippen molar-refractivity contribution in [2.75, 3.05) is 38.0 Å². The first-order chi connectivity index (χ1) is 16.2. The van der Waals surface area contributed by atoms with E-state index in [-0.39, 0.29) is 5.91 Å². The van der Waals surface area contributed by atoms with E-state index in [2.05, 4.69) is 45.4 Å². The molecule has 1 amide bonds. The highest BCUT2D eigenvalue weighted by atomic mass is 32.1. The fraction of sp³-hybridized carbons (Fsp3) is 0.464. The molecule has 0 spiro atoms. The number of amides is 1. The van der Waals surface area contributed by atoms with Gasteiger partial charge in [0.15, 0.2) is 0 Å². The predicted octanol–water partition coefficient (Wildman–Crippen LogP) is 6.24. The van der Waals surface area contributed by atoms with Gasteiger partial charge in [0.25, 0.3) is 5.91 Å². The summed E-state index contributed by atoms with van der Waals surface area (Å²) in [4.78, 5) is 18.9. The minimum Gasteiger partial charge on any atom is -0.321 e. The zero-order valence-electron chi connectivity index (χ0n) is 19.5. The zero-order chi connectivity index (χ0) is 22.5. The van der Waals surface area contributed by atoms with E-state index < -0.39 is 0 Å². The van der Waals surface area contributed by atoms with Crippen LogP contribution < -0.4 is 5.32 Å². The summed E-state index contributed by atoms with van der Waals surface area (Å²) >= 11 is 1.55. The standard InChI is InChI=1S/C28H35N3OS/c32-28(27-19-24-11-4-5-13-26(24)33-27)29-25-12-6-10-23(18-25)21-31-15-7-14-30(16-17-31)20-22-8-2-1-3-9-22/h4-6,10-13,18-19,22H,1-3,7-9,14-17,20-21H2,(H,29,32). The van der Waals surface area contributed by atoms with Gasteiger partial charge in [-0.05, 0) is 73.5 Å². The van der Waals surface area contributed by atoms with Gasteiger partial charge in [0, 0.05) is 36.6 Å². The number of carbonyl (C=O) groups is 1. The molecule has 0 radical (unpaired) electrons. The van der Waals surface area contributed by atoms with Gasteiger partial charge >= 0.3 is 0 Å². The summed E-state index contributed by atoms with van der Waals surface area (Å²) < 4.78 is 1.15. The molecule has 2 fully saturated rings. The van der Waals surface area contributed by atoms with Crippen molar-refractivity contribution in [2.24, 2.45) is 5.92 Å². The second-order valence-corrected chi connectivity index (χ2v) is 10.8. The number of rotatable bonds is 6. The van der Waals surface area contributed by atoms with Crippen molar-refractivity contribution in [1.82, 2.24) is 9.80 Å². The molecule has 1 aromatic heterocycles. The van der Waals surface area contributed by atoms with E-state index in [0.717, 1.165) is 46.2 Å². The zero-order valence-corrected chi connectivity index (χ0v) is 20.3. The summed E-state index contributed by atoms with van der Waals surface area (Å²) in [7, 11) is 0. The molecule has 1 N–H and O–H groups in total. The fourth-order valence-corrected chi connectivity index (χ4v) is 6.35. The molecule has 0 bridgehead atoms. The maximum absolute atomic E-state index is 12.8. The third-order valence-electron chi connectivity index (χ3n) is 7.16. The van der Waals surface area contributed by atoms with Crippen molar-refractivity contribution < 1.29 is 4.79 Å². The highest BCUT2D eigenvalue weighted by Crippen LogP contribution is 2.27. The summed E-state index contributed by atoms with van der Waals surface area (Å²) in [6, 6.07) is 18.5. The number of carbonyl (C=O) groups excluding carboxylic acids is 1. The molecule has 4 nitrogen and oxygen atoms in total. The van der Waals surface area contributed by atoms with E-state index in [1.54, 1.807) is 11.3 Å².